The topological polar surface area (TPSA) is 91.1 Å². The van der Waals surface area contributed by atoms with Crippen LogP contribution in [0.4, 0.5) is 11.6 Å². The van der Waals surface area contributed by atoms with Crippen molar-refractivity contribution in [2.45, 2.75) is 0 Å². The minimum atomic E-state index is -1.07. The molecule has 26 heavy (non-hydrogen) atoms. The maximum atomic E-state index is 11.7. The Morgan fingerprint density at radius 3 is 2.77 bits per heavy atom. The standard InChI is InChI=1S/C18H11Cl2N3O3/c19-12-2-1-3-13(15(12)20)21-18-22-14-7-10(9-4-5-26-8-9)6-11(17(24)25)16(14)23-18/h1-8H,(H,24,25)(H2,21,22,23). The number of hydrogen-bond donors (Lipinski definition) is 3. The summed E-state index contributed by atoms with van der Waals surface area (Å²) < 4.78 is 5.08. The van der Waals surface area contributed by atoms with Crippen molar-refractivity contribution in [3.8, 4) is 11.1 Å². The molecule has 0 spiro atoms. The smallest absolute Gasteiger partial charge is 0.338 e. The molecule has 0 aliphatic rings. The number of furan rings is 1. The first-order valence-electron chi connectivity index (χ1n) is 7.53. The Morgan fingerprint density at radius 1 is 1.19 bits per heavy atom. The minimum Gasteiger partial charge on any atom is -0.478 e. The monoisotopic (exact) mass is 387 g/mol. The number of halogens is 2. The van der Waals surface area contributed by atoms with Gasteiger partial charge in [-0.05, 0) is 35.9 Å². The Hall–Kier alpha value is -2.96. The van der Waals surface area contributed by atoms with E-state index in [4.69, 9.17) is 27.6 Å². The number of aromatic amines is 1. The van der Waals surface area contributed by atoms with Crippen LogP contribution in [-0.4, -0.2) is 21.0 Å². The Balaban J connectivity index is 1.82. The number of hydrogen-bond acceptors (Lipinski definition) is 4. The number of benzene rings is 2. The van der Waals surface area contributed by atoms with E-state index in [1.807, 2.05) is 6.07 Å². The van der Waals surface area contributed by atoms with Gasteiger partial charge in [-0.15, -0.1) is 0 Å². The number of aromatic carboxylic acids is 1. The molecule has 6 nitrogen and oxygen atoms in total. The molecule has 0 radical (unpaired) electrons. The van der Waals surface area contributed by atoms with Gasteiger partial charge in [-0.1, -0.05) is 29.3 Å². The second-order valence-corrected chi connectivity index (χ2v) is 6.33. The Bertz CT molecular complexity index is 1120. The first-order valence-corrected chi connectivity index (χ1v) is 8.29. The molecule has 0 fully saturated rings. The van der Waals surface area contributed by atoms with Crippen LogP contribution < -0.4 is 5.32 Å². The number of carbonyl (C=O) groups is 1. The maximum Gasteiger partial charge on any atom is 0.338 e. The summed E-state index contributed by atoms with van der Waals surface area (Å²) in [5.74, 6) is -0.713. The lowest BCUT2D eigenvalue weighted by molar-refractivity contribution is 0.0699. The van der Waals surface area contributed by atoms with Gasteiger partial charge in [0.2, 0.25) is 5.95 Å². The molecule has 4 aromatic rings. The van der Waals surface area contributed by atoms with Gasteiger partial charge in [-0.2, -0.15) is 0 Å². The second-order valence-electron chi connectivity index (χ2n) is 5.55. The van der Waals surface area contributed by atoms with Crippen molar-refractivity contribution >= 4 is 51.8 Å². The van der Waals surface area contributed by atoms with Crippen LogP contribution in [0, 0.1) is 0 Å². The highest BCUT2D eigenvalue weighted by atomic mass is 35.5. The van der Waals surface area contributed by atoms with Crippen molar-refractivity contribution in [1.82, 2.24) is 9.97 Å². The lowest BCUT2D eigenvalue weighted by Crippen LogP contribution is -1.98. The van der Waals surface area contributed by atoms with Gasteiger partial charge in [0.05, 0.1) is 39.3 Å². The van der Waals surface area contributed by atoms with Crippen molar-refractivity contribution in [3.05, 3.63) is 64.5 Å². The average Bonchev–Trinajstić information content (AvgIpc) is 3.27. The first-order chi connectivity index (χ1) is 12.5. The van der Waals surface area contributed by atoms with Crippen LogP contribution in [0.15, 0.2) is 53.3 Å². The lowest BCUT2D eigenvalue weighted by atomic mass is 10.0. The van der Waals surface area contributed by atoms with Crippen molar-refractivity contribution < 1.29 is 14.3 Å². The van der Waals surface area contributed by atoms with Crippen LogP contribution in [0.25, 0.3) is 22.2 Å². The van der Waals surface area contributed by atoms with E-state index in [1.165, 1.54) is 6.26 Å². The molecule has 2 heterocycles. The quantitative estimate of drug-likeness (QED) is 0.425. The maximum absolute atomic E-state index is 11.7. The van der Waals surface area contributed by atoms with E-state index >= 15 is 0 Å². The molecule has 4 rings (SSSR count). The van der Waals surface area contributed by atoms with E-state index in [-0.39, 0.29) is 5.56 Å². The molecule has 8 heteroatoms. The number of carboxylic acids is 1. The van der Waals surface area contributed by atoms with Crippen molar-refractivity contribution in [2.24, 2.45) is 0 Å². The number of nitrogens with one attached hydrogen (secondary N) is 2. The fourth-order valence-corrected chi connectivity index (χ4v) is 3.01. The second kappa shape index (κ2) is 6.40. The van der Waals surface area contributed by atoms with Gasteiger partial charge >= 0.3 is 5.97 Å². The average molecular weight is 388 g/mol. The highest BCUT2D eigenvalue weighted by Gasteiger charge is 2.16. The predicted octanol–water partition coefficient (Wildman–Crippen LogP) is 5.57. The zero-order chi connectivity index (χ0) is 18.3. The molecule has 2 aromatic heterocycles. The van der Waals surface area contributed by atoms with E-state index in [9.17, 15) is 9.90 Å². The van der Waals surface area contributed by atoms with E-state index in [1.54, 1.807) is 36.6 Å². The third-order valence-electron chi connectivity index (χ3n) is 3.88. The van der Waals surface area contributed by atoms with Crippen LogP contribution >= 0.6 is 23.2 Å². The van der Waals surface area contributed by atoms with Crippen LogP contribution in [-0.2, 0) is 0 Å². The number of fused-ring (bicyclic) bond motifs is 1. The molecule has 0 aliphatic heterocycles. The highest BCUT2D eigenvalue weighted by Crippen LogP contribution is 2.33. The summed E-state index contributed by atoms with van der Waals surface area (Å²) in [4.78, 5) is 19.1. The lowest BCUT2D eigenvalue weighted by Gasteiger charge is -2.05. The van der Waals surface area contributed by atoms with E-state index < -0.39 is 5.97 Å². The first kappa shape index (κ1) is 16.5. The number of carboxylic acid groups (broad SMARTS) is 1. The molecular formula is C18H11Cl2N3O3. The summed E-state index contributed by atoms with van der Waals surface area (Å²) in [7, 11) is 0. The SMILES string of the molecule is O=C(O)c1cc(-c2ccoc2)cc2[nH]c(Nc3cccc(Cl)c3Cl)nc12. The van der Waals surface area contributed by atoms with Gasteiger partial charge in [-0.3, -0.25) is 0 Å². The molecule has 0 unspecified atom stereocenters. The predicted molar refractivity (Wildman–Crippen MR) is 100 cm³/mol. The van der Waals surface area contributed by atoms with E-state index in [0.29, 0.717) is 38.3 Å². The molecule has 2 aromatic carbocycles. The van der Waals surface area contributed by atoms with Gasteiger partial charge in [0.25, 0.3) is 0 Å². The van der Waals surface area contributed by atoms with Crippen molar-refractivity contribution in [1.29, 1.82) is 0 Å². The van der Waals surface area contributed by atoms with E-state index in [0.717, 1.165) is 5.56 Å². The summed E-state index contributed by atoms with van der Waals surface area (Å²) in [6.45, 7) is 0. The van der Waals surface area contributed by atoms with Gasteiger partial charge < -0.3 is 19.8 Å². The van der Waals surface area contributed by atoms with Crippen LogP contribution in [0.3, 0.4) is 0 Å². The molecule has 3 N–H and O–H groups in total. The van der Waals surface area contributed by atoms with Crippen LogP contribution in [0.2, 0.25) is 10.0 Å². The zero-order valence-electron chi connectivity index (χ0n) is 13.1. The number of aromatic nitrogens is 2. The fraction of sp³-hybridized carbons (Fsp3) is 0. The Labute approximate surface area is 157 Å². The Kier molecular flexibility index (Phi) is 4.06. The van der Waals surface area contributed by atoms with Gasteiger partial charge in [0.15, 0.2) is 0 Å². The largest absolute Gasteiger partial charge is 0.478 e. The number of imidazole rings is 1. The summed E-state index contributed by atoms with van der Waals surface area (Å²) in [5, 5.41) is 13.3. The van der Waals surface area contributed by atoms with Crippen LogP contribution in [0.1, 0.15) is 10.4 Å². The van der Waals surface area contributed by atoms with Gasteiger partial charge in [0, 0.05) is 5.56 Å². The molecule has 0 saturated heterocycles. The highest BCUT2D eigenvalue weighted by molar-refractivity contribution is 6.43. The zero-order valence-corrected chi connectivity index (χ0v) is 14.6. The summed E-state index contributed by atoms with van der Waals surface area (Å²) in [5.41, 5.74) is 3.04. The molecule has 0 saturated carbocycles. The number of rotatable bonds is 4. The number of nitrogens with zero attached hydrogens (tertiary/aromatic N) is 1. The number of H-pyrrole nitrogens is 1. The summed E-state index contributed by atoms with van der Waals surface area (Å²) in [6.07, 6.45) is 3.08. The third-order valence-corrected chi connectivity index (χ3v) is 4.70. The Morgan fingerprint density at radius 2 is 2.04 bits per heavy atom. The summed E-state index contributed by atoms with van der Waals surface area (Å²) >= 11 is 12.2. The fourth-order valence-electron chi connectivity index (χ4n) is 2.66. The van der Waals surface area contributed by atoms with Gasteiger partial charge in [0.1, 0.15) is 5.52 Å². The van der Waals surface area contributed by atoms with Crippen LogP contribution in [0.5, 0.6) is 0 Å². The van der Waals surface area contributed by atoms with Gasteiger partial charge in [-0.25, -0.2) is 9.78 Å². The summed E-state index contributed by atoms with van der Waals surface area (Å²) in [6, 6.07) is 10.3. The third kappa shape index (κ3) is 2.89. The van der Waals surface area contributed by atoms with Crippen molar-refractivity contribution in [2.75, 3.05) is 5.32 Å². The van der Waals surface area contributed by atoms with E-state index in [2.05, 4.69) is 15.3 Å². The molecule has 0 atom stereocenters. The molecule has 0 bridgehead atoms. The molecular weight excluding hydrogens is 377 g/mol. The molecule has 0 aliphatic carbocycles. The molecule has 130 valence electrons. The molecule has 0 amide bonds. The number of anilines is 2. The normalized spacial score (nSPS) is 11.0. The van der Waals surface area contributed by atoms with Crippen molar-refractivity contribution in [3.63, 3.8) is 0 Å². The minimum absolute atomic E-state index is 0.0835.